The van der Waals surface area contributed by atoms with Crippen molar-refractivity contribution in [2.75, 3.05) is 25.0 Å². The zero-order valence-corrected chi connectivity index (χ0v) is 11.3. The monoisotopic (exact) mass is 281 g/mol. The molecule has 6 nitrogen and oxygen atoms in total. The molecule has 1 atom stereocenters. The molecule has 1 aliphatic heterocycles. The third-order valence-electron chi connectivity index (χ3n) is 3.61. The Morgan fingerprint density at radius 3 is 2.85 bits per heavy atom. The number of hydrogen-bond donors (Lipinski definition) is 2. The quantitative estimate of drug-likeness (QED) is 0.859. The summed E-state index contributed by atoms with van der Waals surface area (Å²) in [6.45, 7) is 2.67. The predicted molar refractivity (Wildman–Crippen MR) is 70.2 cm³/mol. The lowest BCUT2D eigenvalue weighted by molar-refractivity contribution is -0.128. The lowest BCUT2D eigenvalue weighted by Gasteiger charge is -2.24. The Morgan fingerprint density at radius 2 is 2.25 bits per heavy atom. The van der Waals surface area contributed by atoms with Crippen molar-refractivity contribution in [3.63, 3.8) is 0 Å². The van der Waals surface area contributed by atoms with Crippen molar-refractivity contribution in [3.8, 4) is 0 Å². The zero-order chi connectivity index (χ0) is 14.9. The molecule has 20 heavy (non-hydrogen) atoms. The maximum absolute atomic E-state index is 13.1. The standard InChI is InChI=1S/C13H16FN3O3/c1-13(12(20)15-2)3-4-17(7-13)10-9(11(18)19)5-8(14)6-16-10/h5-6H,3-4,7H2,1-2H3,(H,15,20)(H,18,19). The minimum Gasteiger partial charge on any atom is -0.478 e. The molecule has 1 aromatic heterocycles. The fourth-order valence-corrected chi connectivity index (χ4v) is 2.47. The number of hydrogen-bond acceptors (Lipinski definition) is 4. The fraction of sp³-hybridized carbons (Fsp3) is 0.462. The van der Waals surface area contributed by atoms with E-state index in [1.165, 1.54) is 0 Å². The number of aromatic carboxylic acids is 1. The predicted octanol–water partition coefficient (Wildman–Crippen LogP) is 0.881. The molecule has 1 saturated heterocycles. The molecule has 1 aromatic rings. The van der Waals surface area contributed by atoms with Crippen molar-refractivity contribution in [3.05, 3.63) is 23.6 Å². The molecule has 0 aliphatic carbocycles. The Labute approximate surface area is 115 Å². The third kappa shape index (κ3) is 2.43. The van der Waals surface area contributed by atoms with Crippen molar-refractivity contribution in [1.82, 2.24) is 10.3 Å². The van der Waals surface area contributed by atoms with Crippen LogP contribution in [0.1, 0.15) is 23.7 Å². The van der Waals surface area contributed by atoms with Gasteiger partial charge in [0.15, 0.2) is 0 Å². The van der Waals surface area contributed by atoms with Gasteiger partial charge in [0.25, 0.3) is 0 Å². The van der Waals surface area contributed by atoms with Gasteiger partial charge in [-0.05, 0) is 19.4 Å². The number of carboxylic acid groups (broad SMARTS) is 1. The van der Waals surface area contributed by atoms with Crippen LogP contribution in [0.15, 0.2) is 12.3 Å². The van der Waals surface area contributed by atoms with Crippen LogP contribution in [0.25, 0.3) is 0 Å². The number of nitrogens with one attached hydrogen (secondary N) is 1. The van der Waals surface area contributed by atoms with Crippen LogP contribution in [0.2, 0.25) is 0 Å². The highest BCUT2D eigenvalue weighted by Crippen LogP contribution is 2.34. The number of pyridine rings is 1. The highest BCUT2D eigenvalue weighted by Gasteiger charge is 2.41. The van der Waals surface area contributed by atoms with Gasteiger partial charge in [0, 0.05) is 20.1 Å². The molecule has 0 radical (unpaired) electrons. The fourth-order valence-electron chi connectivity index (χ4n) is 2.47. The molecule has 2 N–H and O–H groups in total. The van der Waals surface area contributed by atoms with E-state index < -0.39 is 17.2 Å². The largest absolute Gasteiger partial charge is 0.478 e. The van der Waals surface area contributed by atoms with E-state index in [2.05, 4.69) is 10.3 Å². The summed E-state index contributed by atoms with van der Waals surface area (Å²) in [6.07, 6.45) is 1.57. The van der Waals surface area contributed by atoms with Crippen LogP contribution in [0.5, 0.6) is 0 Å². The zero-order valence-electron chi connectivity index (χ0n) is 11.3. The van der Waals surface area contributed by atoms with E-state index in [1.54, 1.807) is 11.9 Å². The van der Waals surface area contributed by atoms with Gasteiger partial charge >= 0.3 is 5.97 Å². The molecule has 0 bridgehead atoms. The smallest absolute Gasteiger partial charge is 0.339 e. The van der Waals surface area contributed by atoms with E-state index >= 15 is 0 Å². The normalized spacial score (nSPS) is 21.9. The van der Waals surface area contributed by atoms with Crippen LogP contribution < -0.4 is 10.2 Å². The Kier molecular flexibility index (Phi) is 3.61. The van der Waals surface area contributed by atoms with E-state index in [9.17, 15) is 14.0 Å². The van der Waals surface area contributed by atoms with Crippen LogP contribution in [0.3, 0.4) is 0 Å². The molecule has 2 heterocycles. The van der Waals surface area contributed by atoms with Crippen molar-refractivity contribution in [2.24, 2.45) is 5.41 Å². The van der Waals surface area contributed by atoms with Gasteiger partial charge < -0.3 is 15.3 Å². The number of halogens is 1. The van der Waals surface area contributed by atoms with Gasteiger partial charge in [-0.25, -0.2) is 14.2 Å². The van der Waals surface area contributed by atoms with Gasteiger partial charge in [0.2, 0.25) is 5.91 Å². The average molecular weight is 281 g/mol. The summed E-state index contributed by atoms with van der Waals surface area (Å²) in [5.74, 6) is -1.83. The molecule has 7 heteroatoms. The van der Waals surface area contributed by atoms with Crippen LogP contribution in [0, 0.1) is 11.2 Å². The number of aromatic nitrogens is 1. The van der Waals surface area contributed by atoms with Gasteiger partial charge in [-0.1, -0.05) is 0 Å². The number of nitrogens with zero attached hydrogens (tertiary/aromatic N) is 2. The molecular weight excluding hydrogens is 265 g/mol. The first-order chi connectivity index (χ1) is 9.37. The lowest BCUT2D eigenvalue weighted by Crippen LogP contribution is -2.39. The number of carbonyl (C=O) groups is 2. The van der Waals surface area contributed by atoms with Crippen molar-refractivity contribution in [2.45, 2.75) is 13.3 Å². The van der Waals surface area contributed by atoms with Crippen LogP contribution in [-0.4, -0.2) is 42.1 Å². The number of carboxylic acids is 1. The molecular formula is C13H16FN3O3. The van der Waals surface area contributed by atoms with Crippen molar-refractivity contribution >= 4 is 17.7 Å². The SMILES string of the molecule is CNC(=O)C1(C)CCN(c2ncc(F)cc2C(=O)O)C1. The highest BCUT2D eigenvalue weighted by atomic mass is 19.1. The van der Waals surface area contributed by atoms with Crippen LogP contribution in [0.4, 0.5) is 10.2 Å². The van der Waals surface area contributed by atoms with E-state index in [-0.39, 0.29) is 17.3 Å². The van der Waals surface area contributed by atoms with E-state index in [0.29, 0.717) is 19.5 Å². The number of amides is 1. The highest BCUT2D eigenvalue weighted by molar-refractivity contribution is 5.93. The molecule has 0 saturated carbocycles. The summed E-state index contributed by atoms with van der Waals surface area (Å²) < 4.78 is 13.1. The molecule has 1 fully saturated rings. The second-order valence-electron chi connectivity index (χ2n) is 5.14. The number of anilines is 1. The summed E-state index contributed by atoms with van der Waals surface area (Å²) in [5.41, 5.74) is -0.785. The lowest BCUT2D eigenvalue weighted by atomic mass is 9.89. The molecule has 0 aromatic carbocycles. The van der Waals surface area contributed by atoms with Gasteiger partial charge in [-0.3, -0.25) is 4.79 Å². The topological polar surface area (TPSA) is 82.5 Å². The van der Waals surface area contributed by atoms with Crippen LogP contribution in [-0.2, 0) is 4.79 Å². The molecule has 1 unspecified atom stereocenters. The number of carbonyl (C=O) groups excluding carboxylic acids is 1. The van der Waals surface area contributed by atoms with Crippen LogP contribution >= 0.6 is 0 Å². The minimum atomic E-state index is -1.24. The minimum absolute atomic E-state index is 0.0982. The van der Waals surface area contributed by atoms with E-state index in [1.807, 2.05) is 6.92 Å². The van der Waals surface area contributed by atoms with Gasteiger partial charge in [0.05, 0.1) is 11.6 Å². The Morgan fingerprint density at radius 1 is 1.55 bits per heavy atom. The van der Waals surface area contributed by atoms with E-state index in [0.717, 1.165) is 12.3 Å². The average Bonchev–Trinajstić information content (AvgIpc) is 2.81. The first-order valence-electron chi connectivity index (χ1n) is 6.23. The second kappa shape index (κ2) is 5.07. The summed E-state index contributed by atoms with van der Waals surface area (Å²) >= 11 is 0. The molecule has 1 aliphatic rings. The van der Waals surface area contributed by atoms with Gasteiger partial charge in [0.1, 0.15) is 17.2 Å². The summed E-state index contributed by atoms with van der Waals surface area (Å²) in [4.78, 5) is 28.6. The summed E-state index contributed by atoms with van der Waals surface area (Å²) in [6, 6.07) is 0.945. The van der Waals surface area contributed by atoms with Gasteiger partial charge in [-0.15, -0.1) is 0 Å². The van der Waals surface area contributed by atoms with E-state index in [4.69, 9.17) is 5.11 Å². The third-order valence-corrected chi connectivity index (χ3v) is 3.61. The summed E-state index contributed by atoms with van der Waals surface area (Å²) in [5, 5.41) is 11.7. The maximum atomic E-state index is 13.1. The maximum Gasteiger partial charge on any atom is 0.339 e. The van der Waals surface area contributed by atoms with Gasteiger partial charge in [-0.2, -0.15) is 0 Å². The first kappa shape index (κ1) is 14.2. The molecule has 2 rings (SSSR count). The summed E-state index contributed by atoms with van der Waals surface area (Å²) in [7, 11) is 1.56. The molecule has 0 spiro atoms. The Balaban J connectivity index is 2.31. The van der Waals surface area contributed by atoms with Crippen molar-refractivity contribution in [1.29, 1.82) is 0 Å². The Hall–Kier alpha value is -2.18. The second-order valence-corrected chi connectivity index (χ2v) is 5.14. The van der Waals surface area contributed by atoms with Crippen molar-refractivity contribution < 1.29 is 19.1 Å². The molecule has 1 amide bonds. The number of rotatable bonds is 3. The Bertz CT molecular complexity index is 564. The molecule has 108 valence electrons. The first-order valence-corrected chi connectivity index (χ1v) is 6.23.